The number of carbonyl (C=O) groups excluding carboxylic acids is 2. The number of nitrogens with one attached hydrogen (secondary N) is 3. The Hall–Kier alpha value is -4.86. The molecule has 0 aliphatic heterocycles. The summed E-state index contributed by atoms with van der Waals surface area (Å²) in [4.78, 5) is 29.4. The number of hydrogen-bond acceptors (Lipinski definition) is 7. The highest BCUT2D eigenvalue weighted by atomic mass is 19.1. The Kier molecular flexibility index (Phi) is 9.20. The van der Waals surface area contributed by atoms with Crippen molar-refractivity contribution in [3.8, 4) is 23.0 Å². The fourth-order valence-corrected chi connectivity index (χ4v) is 3.25. The molecule has 1 heterocycles. The fraction of sp³-hybridized carbons (Fsp3) is 0.148. The van der Waals surface area contributed by atoms with Gasteiger partial charge in [-0.2, -0.15) is 0 Å². The molecule has 37 heavy (non-hydrogen) atoms. The number of hydrogen-bond donors (Lipinski definition) is 3. The van der Waals surface area contributed by atoms with Crippen molar-refractivity contribution < 1.29 is 28.2 Å². The molecule has 0 unspecified atom stereocenters. The molecule has 0 atom stereocenters. The van der Waals surface area contributed by atoms with E-state index < -0.39 is 17.6 Å². The average Bonchev–Trinajstić information content (AvgIpc) is 2.90. The molecule has 0 bridgehead atoms. The van der Waals surface area contributed by atoms with Crippen LogP contribution in [-0.2, 0) is 9.59 Å². The summed E-state index contributed by atoms with van der Waals surface area (Å²) in [7, 11) is 3.02. The van der Waals surface area contributed by atoms with Gasteiger partial charge in [-0.25, -0.2) is 4.39 Å². The number of anilines is 1. The number of pyridine rings is 1. The molecule has 1 aromatic heterocycles. The molecule has 3 N–H and O–H groups in total. The number of carbonyl (C=O) groups is 2. The first-order chi connectivity index (χ1) is 17.9. The Labute approximate surface area is 213 Å². The summed E-state index contributed by atoms with van der Waals surface area (Å²) in [5.41, 5.74) is 0.502. The maximum Gasteiger partial charge on any atom is 0.262 e. The minimum atomic E-state index is -0.729. The summed E-state index contributed by atoms with van der Waals surface area (Å²) in [5.74, 6) is -0.841. The van der Waals surface area contributed by atoms with Crippen molar-refractivity contribution in [3.63, 3.8) is 0 Å². The third-order valence-corrected chi connectivity index (χ3v) is 5.02. The minimum Gasteiger partial charge on any atom is -0.493 e. The molecule has 0 saturated carbocycles. The van der Waals surface area contributed by atoms with Crippen LogP contribution in [0.15, 0.2) is 79.7 Å². The lowest BCUT2D eigenvalue weighted by molar-refractivity contribution is -0.121. The van der Waals surface area contributed by atoms with Crippen molar-refractivity contribution in [2.45, 2.75) is 0 Å². The van der Waals surface area contributed by atoms with Gasteiger partial charge in [0, 0.05) is 48.7 Å². The fourth-order valence-electron chi connectivity index (χ4n) is 3.25. The zero-order chi connectivity index (χ0) is 26.8. The Bertz CT molecular complexity index is 1360. The summed E-state index contributed by atoms with van der Waals surface area (Å²) < 4.78 is 31.4. The first kappa shape index (κ1) is 26.7. The van der Waals surface area contributed by atoms with Crippen LogP contribution >= 0.6 is 0 Å². The number of fused-ring (bicyclic) bond motifs is 1. The lowest BCUT2D eigenvalue weighted by atomic mass is 10.1. The molecule has 0 saturated heterocycles. The minimum absolute atomic E-state index is 0.0765. The molecule has 0 radical (unpaired) electrons. The molecule has 0 aliphatic rings. The van der Waals surface area contributed by atoms with E-state index in [9.17, 15) is 14.0 Å². The van der Waals surface area contributed by atoms with Crippen molar-refractivity contribution in [1.82, 2.24) is 15.6 Å². The van der Waals surface area contributed by atoms with Gasteiger partial charge in [-0.15, -0.1) is 13.2 Å². The largest absolute Gasteiger partial charge is 0.493 e. The van der Waals surface area contributed by atoms with Gasteiger partial charge in [-0.05, 0) is 24.3 Å². The van der Waals surface area contributed by atoms with E-state index in [4.69, 9.17) is 14.2 Å². The van der Waals surface area contributed by atoms with Gasteiger partial charge in [-0.3, -0.25) is 14.6 Å². The number of halogens is 1. The van der Waals surface area contributed by atoms with Gasteiger partial charge in [0.05, 0.1) is 19.7 Å². The van der Waals surface area contributed by atoms with Crippen molar-refractivity contribution >= 4 is 28.4 Å². The molecule has 0 aliphatic carbocycles. The summed E-state index contributed by atoms with van der Waals surface area (Å²) in [5, 5.41) is 8.44. The number of aromatic nitrogens is 1. The van der Waals surface area contributed by atoms with Gasteiger partial charge in [0.2, 0.25) is 0 Å². The smallest absolute Gasteiger partial charge is 0.262 e. The topological polar surface area (TPSA) is 111 Å². The Morgan fingerprint density at radius 3 is 2.35 bits per heavy atom. The number of ether oxygens (including phenoxy) is 3. The molecule has 3 aromatic rings. The van der Waals surface area contributed by atoms with Crippen LogP contribution in [0.5, 0.6) is 23.0 Å². The molecule has 0 spiro atoms. The highest BCUT2D eigenvalue weighted by Gasteiger charge is 2.19. The Morgan fingerprint density at radius 1 is 0.946 bits per heavy atom. The third kappa shape index (κ3) is 6.63. The monoisotopic (exact) mass is 506 g/mol. The van der Waals surface area contributed by atoms with E-state index in [0.717, 1.165) is 6.07 Å². The average molecular weight is 507 g/mol. The number of amides is 2. The zero-order valence-corrected chi connectivity index (χ0v) is 20.5. The normalized spacial score (nSPS) is 10.8. The van der Waals surface area contributed by atoms with Gasteiger partial charge in [-0.1, -0.05) is 12.2 Å². The first-order valence-corrected chi connectivity index (χ1v) is 11.1. The third-order valence-electron chi connectivity index (χ3n) is 5.02. The van der Waals surface area contributed by atoms with Gasteiger partial charge in [0.15, 0.2) is 23.1 Å². The Balaban J connectivity index is 1.82. The number of methoxy groups -OCH3 is 2. The summed E-state index contributed by atoms with van der Waals surface area (Å²) in [6.07, 6.45) is 5.85. The first-order valence-electron chi connectivity index (χ1n) is 11.1. The molecule has 2 amide bonds. The van der Waals surface area contributed by atoms with Crippen LogP contribution in [0, 0.1) is 5.82 Å². The van der Waals surface area contributed by atoms with E-state index in [2.05, 4.69) is 34.1 Å². The quantitative estimate of drug-likeness (QED) is 0.112. The van der Waals surface area contributed by atoms with E-state index in [1.54, 1.807) is 24.3 Å². The molecular formula is C27H27FN4O5. The molecule has 10 heteroatoms. The van der Waals surface area contributed by atoms with Crippen LogP contribution < -0.4 is 30.2 Å². The van der Waals surface area contributed by atoms with Crippen LogP contribution in [-0.4, -0.2) is 44.1 Å². The molecule has 192 valence electrons. The zero-order valence-electron chi connectivity index (χ0n) is 20.5. The molecule has 9 nitrogen and oxygen atoms in total. The molecular weight excluding hydrogens is 479 g/mol. The van der Waals surface area contributed by atoms with Crippen LogP contribution in [0.1, 0.15) is 0 Å². The number of benzene rings is 2. The summed E-state index contributed by atoms with van der Waals surface area (Å²) in [6, 6.07) is 8.90. The number of rotatable bonds is 12. The van der Waals surface area contributed by atoms with E-state index in [0.29, 0.717) is 34.7 Å². The lowest BCUT2D eigenvalue weighted by Gasteiger charge is -2.13. The maximum atomic E-state index is 15.0. The predicted octanol–water partition coefficient (Wildman–Crippen LogP) is 4.08. The van der Waals surface area contributed by atoms with Crippen LogP contribution in [0.2, 0.25) is 0 Å². The van der Waals surface area contributed by atoms with Gasteiger partial charge in [0.25, 0.3) is 11.8 Å². The van der Waals surface area contributed by atoms with E-state index in [1.165, 1.54) is 44.8 Å². The lowest BCUT2D eigenvalue weighted by Crippen LogP contribution is -2.32. The Morgan fingerprint density at radius 2 is 1.68 bits per heavy atom. The van der Waals surface area contributed by atoms with Crippen LogP contribution in [0.4, 0.5) is 10.1 Å². The summed E-state index contributed by atoms with van der Waals surface area (Å²) in [6.45, 7) is 7.62. The van der Waals surface area contributed by atoms with Gasteiger partial charge >= 0.3 is 0 Å². The SMILES string of the molecule is C=CCN/C=C(\C(=O)NCC=C)C(=O)Nc1ccc(Oc2ccnc3cc(OC)c(OC)cc23)c(F)c1. The van der Waals surface area contributed by atoms with Crippen LogP contribution in [0.3, 0.4) is 0 Å². The van der Waals surface area contributed by atoms with Crippen molar-refractivity contribution in [3.05, 3.63) is 85.5 Å². The van der Waals surface area contributed by atoms with Crippen molar-refractivity contribution in [2.24, 2.45) is 0 Å². The highest BCUT2D eigenvalue weighted by Crippen LogP contribution is 2.37. The molecule has 0 fully saturated rings. The van der Waals surface area contributed by atoms with E-state index in [1.807, 2.05) is 0 Å². The van der Waals surface area contributed by atoms with Crippen molar-refractivity contribution in [2.75, 3.05) is 32.6 Å². The van der Waals surface area contributed by atoms with E-state index in [-0.39, 0.29) is 23.6 Å². The standard InChI is InChI=1S/C27H27FN4O5/c1-5-10-29-16-19(26(33)31-11-6-2)27(34)32-17-7-8-23(20(28)13-17)37-22-9-12-30-21-15-25(36-4)24(35-3)14-18(21)22/h5-9,12-16,29H,1-2,10-11H2,3-4H3,(H,31,33)(H,32,34)/b19-16+. The van der Waals surface area contributed by atoms with Crippen molar-refractivity contribution in [1.29, 1.82) is 0 Å². The number of nitrogens with zero attached hydrogens (tertiary/aromatic N) is 1. The second-order valence-electron chi connectivity index (χ2n) is 7.49. The van der Waals surface area contributed by atoms with Crippen LogP contribution in [0.25, 0.3) is 10.9 Å². The maximum absolute atomic E-state index is 15.0. The van der Waals surface area contributed by atoms with Gasteiger partial charge in [0.1, 0.15) is 11.3 Å². The highest BCUT2D eigenvalue weighted by molar-refractivity contribution is 6.22. The second kappa shape index (κ2) is 12.7. The predicted molar refractivity (Wildman–Crippen MR) is 139 cm³/mol. The molecule has 3 rings (SSSR count). The summed E-state index contributed by atoms with van der Waals surface area (Å²) >= 11 is 0. The van der Waals surface area contributed by atoms with Gasteiger partial charge < -0.3 is 30.2 Å². The molecule has 2 aromatic carbocycles. The second-order valence-corrected chi connectivity index (χ2v) is 7.49. The van der Waals surface area contributed by atoms with E-state index >= 15 is 0 Å².